The summed E-state index contributed by atoms with van der Waals surface area (Å²) in [7, 11) is 0. The molecule has 1 nitrogen and oxygen atoms in total. The van der Waals surface area contributed by atoms with Crippen molar-refractivity contribution in [2.45, 2.75) is 12.5 Å². The smallest absolute Gasteiger partial charge is 0.0453 e. The molecule has 0 amide bonds. The van der Waals surface area contributed by atoms with Gasteiger partial charge in [0, 0.05) is 19.7 Å². The molecule has 0 aromatic heterocycles. The van der Waals surface area contributed by atoms with Crippen LogP contribution in [-0.2, 0) is 6.42 Å². The Morgan fingerprint density at radius 2 is 1.89 bits per heavy atom. The highest BCUT2D eigenvalue weighted by molar-refractivity contribution is 14.1. The highest BCUT2D eigenvalue weighted by Gasteiger charge is 2.10. The van der Waals surface area contributed by atoms with E-state index in [4.69, 9.17) is 28.9 Å². The van der Waals surface area contributed by atoms with Crippen LogP contribution < -0.4 is 5.73 Å². The minimum Gasteiger partial charge on any atom is -0.324 e. The van der Waals surface area contributed by atoms with Gasteiger partial charge < -0.3 is 5.73 Å². The monoisotopic (exact) mass is 391 g/mol. The number of nitrogens with two attached hydrogens (primary N) is 1. The fourth-order valence-electron chi connectivity index (χ4n) is 1.78. The van der Waals surface area contributed by atoms with Crippen molar-refractivity contribution in [3.63, 3.8) is 0 Å². The van der Waals surface area contributed by atoms with Crippen molar-refractivity contribution < 1.29 is 0 Å². The van der Waals surface area contributed by atoms with E-state index in [0.717, 1.165) is 11.1 Å². The van der Waals surface area contributed by atoms with E-state index < -0.39 is 0 Å². The second kappa shape index (κ2) is 6.24. The summed E-state index contributed by atoms with van der Waals surface area (Å²) in [4.78, 5) is 0. The molecule has 2 N–H and O–H groups in total. The van der Waals surface area contributed by atoms with Gasteiger partial charge >= 0.3 is 0 Å². The summed E-state index contributed by atoms with van der Waals surface area (Å²) in [6, 6.07) is 13.7. The topological polar surface area (TPSA) is 26.0 Å². The van der Waals surface area contributed by atoms with Crippen LogP contribution >= 0.6 is 45.8 Å². The molecular weight excluding hydrogens is 380 g/mol. The van der Waals surface area contributed by atoms with Gasteiger partial charge in [-0.15, -0.1) is 0 Å². The van der Waals surface area contributed by atoms with Crippen LogP contribution in [0.5, 0.6) is 0 Å². The van der Waals surface area contributed by atoms with Crippen LogP contribution in [0, 0.1) is 3.57 Å². The Bertz CT molecular complexity index is 557. The lowest BCUT2D eigenvalue weighted by Gasteiger charge is -2.13. The van der Waals surface area contributed by atoms with Gasteiger partial charge in [0.05, 0.1) is 0 Å². The van der Waals surface area contributed by atoms with Gasteiger partial charge in [-0.25, -0.2) is 0 Å². The third kappa shape index (κ3) is 3.60. The Morgan fingerprint density at radius 1 is 1.11 bits per heavy atom. The lowest BCUT2D eigenvalue weighted by Crippen LogP contribution is -2.13. The molecule has 0 bridgehead atoms. The van der Waals surface area contributed by atoms with Crippen molar-refractivity contribution in [1.29, 1.82) is 0 Å². The Labute approximate surface area is 130 Å². The molecule has 2 rings (SSSR count). The van der Waals surface area contributed by atoms with Gasteiger partial charge in [-0.2, -0.15) is 0 Å². The van der Waals surface area contributed by atoms with E-state index in [1.54, 1.807) is 6.07 Å². The summed E-state index contributed by atoms with van der Waals surface area (Å²) in [5.41, 5.74) is 8.35. The molecule has 2 aromatic rings. The van der Waals surface area contributed by atoms with E-state index >= 15 is 0 Å². The van der Waals surface area contributed by atoms with E-state index in [1.165, 1.54) is 3.57 Å². The largest absolute Gasteiger partial charge is 0.324 e. The quantitative estimate of drug-likeness (QED) is 0.744. The SMILES string of the molecule is NC(Cc1ccc(Cl)cc1Cl)c1cccc(I)c1. The second-order valence-electron chi connectivity index (χ2n) is 4.10. The maximum absolute atomic E-state index is 6.21. The standard InChI is InChI=1S/C14H12Cl2IN/c15-11-5-4-9(13(16)8-11)7-14(18)10-2-1-3-12(17)6-10/h1-6,8,14H,7,18H2. The molecule has 94 valence electrons. The van der Waals surface area contributed by atoms with Crippen LogP contribution in [0.15, 0.2) is 42.5 Å². The zero-order chi connectivity index (χ0) is 13.1. The molecular formula is C14H12Cl2IN. The zero-order valence-corrected chi connectivity index (χ0v) is 13.2. The number of hydrogen-bond acceptors (Lipinski definition) is 1. The molecule has 0 aliphatic rings. The molecule has 0 radical (unpaired) electrons. The number of halogens is 3. The van der Waals surface area contributed by atoms with Crippen LogP contribution in [-0.4, -0.2) is 0 Å². The first-order chi connectivity index (χ1) is 8.56. The van der Waals surface area contributed by atoms with Gasteiger partial charge in [0.1, 0.15) is 0 Å². The fraction of sp³-hybridized carbons (Fsp3) is 0.143. The van der Waals surface area contributed by atoms with Gasteiger partial charge in [-0.3, -0.25) is 0 Å². The minimum atomic E-state index is -0.0570. The maximum Gasteiger partial charge on any atom is 0.0453 e. The normalized spacial score (nSPS) is 12.4. The Kier molecular flexibility index (Phi) is 4.90. The van der Waals surface area contributed by atoms with Crippen LogP contribution in [0.25, 0.3) is 0 Å². The predicted octanol–water partition coefficient (Wildman–Crippen LogP) is 4.84. The highest BCUT2D eigenvalue weighted by atomic mass is 127. The van der Waals surface area contributed by atoms with E-state index in [2.05, 4.69) is 28.7 Å². The van der Waals surface area contributed by atoms with Crippen molar-refractivity contribution in [3.05, 3.63) is 67.2 Å². The lowest BCUT2D eigenvalue weighted by molar-refractivity contribution is 0.721. The molecule has 0 spiro atoms. The van der Waals surface area contributed by atoms with Gasteiger partial charge in [-0.05, 0) is 64.4 Å². The van der Waals surface area contributed by atoms with Gasteiger partial charge in [0.15, 0.2) is 0 Å². The van der Waals surface area contributed by atoms with E-state index in [1.807, 2.05) is 30.3 Å². The number of hydrogen-bond donors (Lipinski definition) is 1. The third-order valence-electron chi connectivity index (χ3n) is 2.73. The van der Waals surface area contributed by atoms with Crippen LogP contribution in [0.1, 0.15) is 17.2 Å². The van der Waals surface area contributed by atoms with Gasteiger partial charge in [0.2, 0.25) is 0 Å². The molecule has 18 heavy (non-hydrogen) atoms. The molecule has 4 heteroatoms. The Balaban J connectivity index is 2.18. The summed E-state index contributed by atoms with van der Waals surface area (Å²) < 4.78 is 1.18. The summed E-state index contributed by atoms with van der Waals surface area (Å²) in [6.07, 6.45) is 0.704. The summed E-state index contributed by atoms with van der Waals surface area (Å²) in [6.45, 7) is 0. The van der Waals surface area contributed by atoms with Crippen LogP contribution in [0.3, 0.4) is 0 Å². The van der Waals surface area contributed by atoms with Gasteiger partial charge in [0.25, 0.3) is 0 Å². The van der Waals surface area contributed by atoms with Crippen LogP contribution in [0.4, 0.5) is 0 Å². The molecule has 0 aliphatic heterocycles. The van der Waals surface area contributed by atoms with E-state index in [9.17, 15) is 0 Å². The fourth-order valence-corrected chi connectivity index (χ4v) is 2.83. The highest BCUT2D eigenvalue weighted by Crippen LogP contribution is 2.25. The van der Waals surface area contributed by atoms with Crippen molar-refractivity contribution in [3.8, 4) is 0 Å². The zero-order valence-electron chi connectivity index (χ0n) is 9.54. The van der Waals surface area contributed by atoms with E-state index in [-0.39, 0.29) is 6.04 Å². The Morgan fingerprint density at radius 3 is 2.56 bits per heavy atom. The molecule has 0 saturated heterocycles. The second-order valence-corrected chi connectivity index (χ2v) is 6.19. The molecule has 0 saturated carbocycles. The van der Waals surface area contributed by atoms with Gasteiger partial charge in [-0.1, -0.05) is 41.4 Å². The molecule has 0 heterocycles. The number of benzene rings is 2. The summed E-state index contributed by atoms with van der Waals surface area (Å²) in [5, 5.41) is 1.31. The van der Waals surface area contributed by atoms with Crippen molar-refractivity contribution in [2.75, 3.05) is 0 Å². The maximum atomic E-state index is 6.21. The van der Waals surface area contributed by atoms with E-state index in [0.29, 0.717) is 16.5 Å². The lowest BCUT2D eigenvalue weighted by atomic mass is 10.00. The van der Waals surface area contributed by atoms with Crippen molar-refractivity contribution in [2.24, 2.45) is 5.73 Å². The molecule has 2 aromatic carbocycles. The summed E-state index contributed by atoms with van der Waals surface area (Å²) in [5.74, 6) is 0. The third-order valence-corrected chi connectivity index (χ3v) is 3.99. The van der Waals surface area contributed by atoms with Crippen LogP contribution in [0.2, 0.25) is 10.0 Å². The molecule has 1 unspecified atom stereocenters. The first kappa shape index (κ1) is 14.1. The minimum absolute atomic E-state index is 0.0570. The first-order valence-corrected chi connectivity index (χ1v) is 7.34. The average Bonchev–Trinajstić information content (AvgIpc) is 2.32. The number of rotatable bonds is 3. The first-order valence-electron chi connectivity index (χ1n) is 5.51. The summed E-state index contributed by atoms with van der Waals surface area (Å²) >= 11 is 14.3. The average molecular weight is 392 g/mol. The van der Waals surface area contributed by atoms with Crippen molar-refractivity contribution in [1.82, 2.24) is 0 Å². The Hall–Kier alpha value is -0.290. The molecule has 0 aliphatic carbocycles. The predicted molar refractivity (Wildman–Crippen MR) is 86.3 cm³/mol. The van der Waals surface area contributed by atoms with Crippen molar-refractivity contribution >= 4 is 45.8 Å². The molecule has 0 fully saturated rings. The molecule has 1 atom stereocenters.